The Labute approximate surface area is 285 Å². The van der Waals surface area contributed by atoms with E-state index in [2.05, 4.69) is 20.7 Å². The number of hydrogen-bond donors (Lipinski definition) is 3. The van der Waals surface area contributed by atoms with E-state index in [4.69, 9.17) is 0 Å². The van der Waals surface area contributed by atoms with Crippen LogP contribution in [0.4, 0.5) is 5.69 Å². The monoisotopic (exact) mass is 693 g/mol. The van der Waals surface area contributed by atoms with Crippen LogP contribution < -0.4 is 14.9 Å². The Morgan fingerprint density at radius 3 is 2.56 bits per heavy atom. The fourth-order valence-corrected chi connectivity index (χ4v) is 7.21. The summed E-state index contributed by atoms with van der Waals surface area (Å²) >= 11 is 1.51. The lowest BCUT2D eigenvalue weighted by atomic mass is 10.00. The quantitative estimate of drug-likeness (QED) is 0.182. The highest BCUT2D eigenvalue weighted by molar-refractivity contribution is 7.92. The molecule has 0 saturated carbocycles. The van der Waals surface area contributed by atoms with Gasteiger partial charge in [0.2, 0.25) is 10.0 Å². The molecular formula is C34H43N7O5S2. The number of aryl methyl sites for hydroxylation is 2. The third-order valence-corrected chi connectivity index (χ3v) is 10.8. The van der Waals surface area contributed by atoms with Gasteiger partial charge in [0.15, 0.2) is 0 Å². The number of anilines is 1. The molecule has 0 bridgehead atoms. The van der Waals surface area contributed by atoms with Crippen molar-refractivity contribution < 1.29 is 23.1 Å². The molecule has 0 spiro atoms. The number of amides is 2. The number of carbonyl (C=O) groups excluding carboxylic acids is 2. The second kappa shape index (κ2) is 15.4. The summed E-state index contributed by atoms with van der Waals surface area (Å²) in [6, 6.07) is 13.1. The van der Waals surface area contributed by atoms with E-state index >= 15 is 0 Å². The number of thiazole rings is 1. The summed E-state index contributed by atoms with van der Waals surface area (Å²) in [7, 11) is -2.32. The lowest BCUT2D eigenvalue weighted by Crippen LogP contribution is -2.48. The third-order valence-electron chi connectivity index (χ3n) is 8.50. The Morgan fingerprint density at radius 1 is 1.15 bits per heavy atom. The molecule has 0 unspecified atom stereocenters. The number of rotatable bonds is 14. The normalized spacial score (nSPS) is 16.1. The van der Waals surface area contributed by atoms with Gasteiger partial charge in [-0.25, -0.2) is 13.4 Å². The van der Waals surface area contributed by atoms with E-state index in [1.165, 1.54) is 36.6 Å². The highest BCUT2D eigenvalue weighted by atomic mass is 32.2. The molecule has 2 amide bonds. The van der Waals surface area contributed by atoms with Crippen LogP contribution in [0.5, 0.6) is 0 Å². The van der Waals surface area contributed by atoms with Gasteiger partial charge in [0.1, 0.15) is 5.01 Å². The first-order chi connectivity index (χ1) is 22.9. The van der Waals surface area contributed by atoms with Gasteiger partial charge in [0.25, 0.3) is 11.8 Å². The molecule has 5 rings (SSSR count). The molecule has 14 heteroatoms. The number of likely N-dealkylation sites (tertiary alicyclic amines) is 1. The minimum absolute atomic E-state index is 0.109. The van der Waals surface area contributed by atoms with Crippen molar-refractivity contribution in [2.45, 2.75) is 64.4 Å². The minimum Gasteiger partial charge on any atom is -0.390 e. The van der Waals surface area contributed by atoms with E-state index in [0.29, 0.717) is 19.5 Å². The van der Waals surface area contributed by atoms with E-state index < -0.39 is 28.1 Å². The zero-order valence-electron chi connectivity index (χ0n) is 27.7. The largest absolute Gasteiger partial charge is 0.390 e. The van der Waals surface area contributed by atoms with Crippen LogP contribution in [0.25, 0.3) is 0 Å². The summed E-state index contributed by atoms with van der Waals surface area (Å²) in [5.41, 5.74) is 3.27. The van der Waals surface area contributed by atoms with Crippen molar-refractivity contribution in [3.8, 4) is 0 Å². The third kappa shape index (κ3) is 8.67. The Hall–Kier alpha value is -4.11. The highest BCUT2D eigenvalue weighted by Gasteiger charge is 2.33. The van der Waals surface area contributed by atoms with Gasteiger partial charge in [-0.3, -0.25) is 18.6 Å². The van der Waals surface area contributed by atoms with Crippen molar-refractivity contribution >= 4 is 38.9 Å². The first kappa shape index (κ1) is 35.2. The molecule has 256 valence electrons. The Balaban J connectivity index is 1.40. The van der Waals surface area contributed by atoms with Crippen molar-refractivity contribution in [3.63, 3.8) is 0 Å². The van der Waals surface area contributed by atoms with E-state index in [-0.39, 0.29) is 35.3 Å². The maximum atomic E-state index is 14.0. The number of carbonyl (C=O) groups is 2. The lowest BCUT2D eigenvalue weighted by molar-refractivity contribution is 0.0735. The average molecular weight is 694 g/mol. The number of aromatic nitrogens is 3. The van der Waals surface area contributed by atoms with E-state index in [1.54, 1.807) is 11.1 Å². The molecule has 3 atom stereocenters. The number of hydrogen-bond acceptors (Lipinski definition) is 9. The Bertz CT molecular complexity index is 1830. The second-order valence-electron chi connectivity index (χ2n) is 12.2. The van der Waals surface area contributed by atoms with Crippen LogP contribution >= 0.6 is 11.3 Å². The van der Waals surface area contributed by atoms with Gasteiger partial charge in [-0.2, -0.15) is 5.10 Å². The van der Waals surface area contributed by atoms with Gasteiger partial charge < -0.3 is 20.6 Å². The van der Waals surface area contributed by atoms with Crippen LogP contribution in [0.3, 0.4) is 0 Å². The van der Waals surface area contributed by atoms with Crippen molar-refractivity contribution in [2.75, 3.05) is 30.7 Å². The van der Waals surface area contributed by atoms with Gasteiger partial charge in [0, 0.05) is 67.2 Å². The lowest BCUT2D eigenvalue weighted by Gasteiger charge is -2.26. The Morgan fingerprint density at radius 2 is 1.90 bits per heavy atom. The van der Waals surface area contributed by atoms with Crippen molar-refractivity contribution in [2.24, 2.45) is 0 Å². The number of benzene rings is 2. The van der Waals surface area contributed by atoms with E-state index in [1.807, 2.05) is 60.4 Å². The summed E-state index contributed by atoms with van der Waals surface area (Å²) < 4.78 is 28.0. The molecule has 12 nitrogen and oxygen atoms in total. The molecule has 2 aromatic heterocycles. The fraction of sp³-hybridized carbons (Fsp3) is 0.412. The first-order valence-electron chi connectivity index (χ1n) is 16.0. The van der Waals surface area contributed by atoms with Gasteiger partial charge in [-0.05, 0) is 56.9 Å². The number of nitrogens with one attached hydrogen (secondary N) is 2. The fourth-order valence-electron chi connectivity index (χ4n) is 5.78. The maximum Gasteiger partial charge on any atom is 0.254 e. The summed E-state index contributed by atoms with van der Waals surface area (Å²) in [5, 5.41) is 24.6. The van der Waals surface area contributed by atoms with Gasteiger partial charge in [-0.15, -0.1) is 11.3 Å². The van der Waals surface area contributed by atoms with Crippen LogP contribution in [0.15, 0.2) is 66.3 Å². The van der Waals surface area contributed by atoms with Crippen LogP contribution in [0, 0.1) is 6.92 Å². The number of nitrogens with zero attached hydrogens (tertiary/aromatic N) is 5. The average Bonchev–Trinajstić information content (AvgIpc) is 3.84. The molecule has 1 saturated heterocycles. The minimum atomic E-state index is -3.71. The van der Waals surface area contributed by atoms with Crippen LogP contribution in [-0.2, 0) is 29.5 Å². The summed E-state index contributed by atoms with van der Waals surface area (Å²) in [4.78, 5) is 34.3. The number of sulfonamides is 1. The number of aliphatic hydroxyl groups is 1. The van der Waals surface area contributed by atoms with Crippen LogP contribution in [-0.4, -0.2) is 83.5 Å². The maximum absolute atomic E-state index is 14.0. The standard InChI is InChI=1S/C34H43N7O5S2/c1-5-40-21-25(19-36-40)18-35-20-31(42)29(14-24-10-7-6-8-11-24)38-32(43)26-15-27(17-28(16-26)39(3)48(4,45)46)34(44)41-13-9-12-30(41)33-37-23(2)22-47-33/h6-8,10-11,15-17,19,21-22,29-31,35,42H,5,9,12-14,18,20H2,1-4H3,(H,38,43)/t29-,30+,31-/m0/s1. The van der Waals surface area contributed by atoms with Crippen molar-refractivity contribution in [3.05, 3.63) is 99.3 Å². The summed E-state index contributed by atoms with van der Waals surface area (Å²) in [6.45, 7) is 5.89. The second-order valence-corrected chi connectivity index (χ2v) is 15.1. The molecule has 0 aliphatic carbocycles. The molecule has 0 radical (unpaired) electrons. The van der Waals surface area contributed by atoms with E-state index in [9.17, 15) is 23.1 Å². The molecular weight excluding hydrogens is 651 g/mol. The van der Waals surface area contributed by atoms with Gasteiger partial charge in [0.05, 0.1) is 36.3 Å². The van der Waals surface area contributed by atoms with Crippen LogP contribution in [0.2, 0.25) is 0 Å². The molecule has 3 N–H and O–H groups in total. The zero-order valence-corrected chi connectivity index (χ0v) is 29.3. The molecule has 1 aliphatic heterocycles. The molecule has 1 fully saturated rings. The summed E-state index contributed by atoms with van der Waals surface area (Å²) in [6.07, 6.45) is 5.72. The topological polar surface area (TPSA) is 150 Å². The predicted molar refractivity (Wildman–Crippen MR) is 187 cm³/mol. The van der Waals surface area contributed by atoms with Crippen LogP contribution in [0.1, 0.15) is 68.4 Å². The number of aliphatic hydroxyl groups excluding tert-OH is 1. The first-order valence-corrected chi connectivity index (χ1v) is 18.7. The molecule has 4 aromatic rings. The molecule has 1 aliphatic rings. The smallest absolute Gasteiger partial charge is 0.254 e. The van der Waals surface area contributed by atoms with E-state index in [0.717, 1.165) is 51.8 Å². The van der Waals surface area contributed by atoms with Crippen molar-refractivity contribution in [1.82, 2.24) is 30.3 Å². The van der Waals surface area contributed by atoms with Gasteiger partial charge >= 0.3 is 0 Å². The molecule has 3 heterocycles. The van der Waals surface area contributed by atoms with Crippen molar-refractivity contribution in [1.29, 1.82) is 0 Å². The Kier molecular flexibility index (Phi) is 11.3. The highest BCUT2D eigenvalue weighted by Crippen LogP contribution is 2.35. The molecule has 2 aromatic carbocycles. The molecule has 48 heavy (non-hydrogen) atoms. The SMILES string of the molecule is CCn1cc(CNC[C@H](O)[C@H](Cc2ccccc2)NC(=O)c2cc(C(=O)N3CCC[C@@H]3c3nc(C)cs3)cc(N(C)S(C)(=O)=O)c2)cn1. The summed E-state index contributed by atoms with van der Waals surface area (Å²) in [5.74, 6) is -0.842. The van der Waals surface area contributed by atoms with Gasteiger partial charge in [-0.1, -0.05) is 30.3 Å². The zero-order chi connectivity index (χ0) is 34.4. The predicted octanol–water partition coefficient (Wildman–Crippen LogP) is 3.53.